The number of benzene rings is 1. The summed E-state index contributed by atoms with van der Waals surface area (Å²) in [6.45, 7) is 2.04. The van der Waals surface area contributed by atoms with Gasteiger partial charge in [-0.15, -0.1) is 0 Å². The van der Waals surface area contributed by atoms with E-state index in [4.69, 9.17) is 4.42 Å². The van der Waals surface area contributed by atoms with Gasteiger partial charge < -0.3 is 13.9 Å². The molecule has 1 saturated heterocycles. The minimum Gasteiger partial charge on any atom is -0.443 e. The molecule has 7 nitrogen and oxygen atoms in total. The molecule has 1 amide bonds. The Morgan fingerprint density at radius 3 is 2.55 bits per heavy atom. The van der Waals surface area contributed by atoms with Crippen LogP contribution >= 0.6 is 0 Å². The molecule has 0 spiro atoms. The number of oxazole rings is 1. The standard InChI is InChI=1S/C24H23N5O2/c30-24(21-22(31-17-27-21)18-6-2-1-3-7-18)28-13-9-19(10-14-28)23-26-12-15-29(23)16-20-8-4-5-11-25-20/h1-8,11-12,15,17,19H,9-10,13-14,16H2. The van der Waals surface area contributed by atoms with Crippen LogP contribution in [0.4, 0.5) is 0 Å². The maximum Gasteiger partial charge on any atom is 0.276 e. The smallest absolute Gasteiger partial charge is 0.276 e. The average Bonchev–Trinajstić information content (AvgIpc) is 3.50. The van der Waals surface area contributed by atoms with Crippen molar-refractivity contribution in [1.29, 1.82) is 0 Å². The highest BCUT2D eigenvalue weighted by Crippen LogP contribution is 2.30. The predicted molar refractivity (Wildman–Crippen MR) is 115 cm³/mol. The number of pyridine rings is 1. The summed E-state index contributed by atoms with van der Waals surface area (Å²) in [7, 11) is 0. The Morgan fingerprint density at radius 2 is 1.77 bits per heavy atom. The molecule has 4 aromatic rings. The second-order valence-electron chi connectivity index (χ2n) is 7.70. The van der Waals surface area contributed by atoms with Gasteiger partial charge >= 0.3 is 0 Å². The number of rotatable bonds is 5. The largest absolute Gasteiger partial charge is 0.443 e. The van der Waals surface area contributed by atoms with Crippen molar-refractivity contribution in [3.05, 3.63) is 90.7 Å². The van der Waals surface area contributed by atoms with Gasteiger partial charge in [0.25, 0.3) is 5.91 Å². The van der Waals surface area contributed by atoms with E-state index in [2.05, 4.69) is 19.5 Å². The minimum atomic E-state index is -0.0807. The van der Waals surface area contributed by atoms with Crippen LogP contribution in [0.5, 0.6) is 0 Å². The molecule has 5 rings (SSSR count). The third-order valence-electron chi connectivity index (χ3n) is 5.76. The van der Waals surface area contributed by atoms with Crippen molar-refractivity contribution in [2.24, 2.45) is 0 Å². The topological polar surface area (TPSA) is 77.0 Å². The summed E-state index contributed by atoms with van der Waals surface area (Å²) in [6, 6.07) is 15.6. The molecule has 1 aromatic carbocycles. The van der Waals surface area contributed by atoms with Crippen molar-refractivity contribution in [1.82, 2.24) is 24.4 Å². The Labute approximate surface area is 180 Å². The van der Waals surface area contributed by atoms with Gasteiger partial charge in [-0.05, 0) is 25.0 Å². The molecule has 0 atom stereocenters. The quantitative estimate of drug-likeness (QED) is 0.494. The molecule has 0 N–H and O–H groups in total. The highest BCUT2D eigenvalue weighted by Gasteiger charge is 2.30. The highest BCUT2D eigenvalue weighted by molar-refractivity contribution is 5.97. The number of imidazole rings is 1. The van der Waals surface area contributed by atoms with E-state index in [1.165, 1.54) is 6.39 Å². The summed E-state index contributed by atoms with van der Waals surface area (Å²) in [5.74, 6) is 1.82. The first kappa shape index (κ1) is 19.2. The molecule has 4 heterocycles. The summed E-state index contributed by atoms with van der Waals surface area (Å²) in [4.78, 5) is 28.2. The number of amides is 1. The number of likely N-dealkylation sites (tertiary alicyclic amines) is 1. The molecule has 1 aliphatic heterocycles. The molecule has 156 valence electrons. The van der Waals surface area contributed by atoms with Gasteiger partial charge in [0.2, 0.25) is 0 Å². The molecular formula is C24H23N5O2. The molecule has 0 aliphatic carbocycles. The van der Waals surface area contributed by atoms with Crippen molar-refractivity contribution < 1.29 is 9.21 Å². The van der Waals surface area contributed by atoms with Crippen LogP contribution in [-0.2, 0) is 6.54 Å². The second-order valence-corrected chi connectivity index (χ2v) is 7.70. The van der Waals surface area contributed by atoms with Gasteiger partial charge in [0.1, 0.15) is 5.82 Å². The van der Waals surface area contributed by atoms with E-state index in [-0.39, 0.29) is 5.91 Å². The summed E-state index contributed by atoms with van der Waals surface area (Å²) < 4.78 is 7.70. The lowest BCUT2D eigenvalue weighted by atomic mass is 9.95. The van der Waals surface area contributed by atoms with E-state index >= 15 is 0 Å². The number of piperidine rings is 1. The Bertz CT molecular complexity index is 1140. The fraction of sp³-hybridized carbons (Fsp3) is 0.250. The third kappa shape index (κ3) is 3.99. The monoisotopic (exact) mass is 413 g/mol. The van der Waals surface area contributed by atoms with Crippen molar-refractivity contribution in [3.63, 3.8) is 0 Å². The van der Waals surface area contributed by atoms with Gasteiger partial charge in [-0.3, -0.25) is 9.78 Å². The molecule has 31 heavy (non-hydrogen) atoms. The van der Waals surface area contributed by atoms with Crippen LogP contribution in [-0.4, -0.2) is 43.4 Å². The van der Waals surface area contributed by atoms with Crippen molar-refractivity contribution in [2.75, 3.05) is 13.1 Å². The van der Waals surface area contributed by atoms with Gasteiger partial charge in [-0.25, -0.2) is 9.97 Å². The fourth-order valence-corrected chi connectivity index (χ4v) is 4.16. The van der Waals surface area contributed by atoms with Gasteiger partial charge in [-0.2, -0.15) is 0 Å². The lowest BCUT2D eigenvalue weighted by Gasteiger charge is -2.31. The number of carbonyl (C=O) groups is 1. The highest BCUT2D eigenvalue weighted by atomic mass is 16.3. The molecule has 0 bridgehead atoms. The third-order valence-corrected chi connectivity index (χ3v) is 5.76. The normalized spacial score (nSPS) is 14.6. The number of hydrogen-bond donors (Lipinski definition) is 0. The summed E-state index contributed by atoms with van der Waals surface area (Å²) in [5.41, 5.74) is 2.24. The maximum absolute atomic E-state index is 13.1. The zero-order chi connectivity index (χ0) is 21.0. The lowest BCUT2D eigenvalue weighted by molar-refractivity contribution is 0.0705. The van der Waals surface area contributed by atoms with E-state index in [1.54, 1.807) is 0 Å². The first-order chi connectivity index (χ1) is 15.3. The number of aromatic nitrogens is 4. The Morgan fingerprint density at radius 1 is 0.968 bits per heavy atom. The lowest BCUT2D eigenvalue weighted by Crippen LogP contribution is -2.38. The van der Waals surface area contributed by atoms with Crippen LogP contribution in [0.2, 0.25) is 0 Å². The predicted octanol–water partition coefficient (Wildman–Crippen LogP) is 4.00. The number of nitrogens with zero attached hydrogens (tertiary/aromatic N) is 5. The van der Waals surface area contributed by atoms with E-state index < -0.39 is 0 Å². The Balaban J connectivity index is 1.27. The summed E-state index contributed by atoms with van der Waals surface area (Å²) >= 11 is 0. The molecule has 1 aliphatic rings. The second kappa shape index (κ2) is 8.55. The summed E-state index contributed by atoms with van der Waals surface area (Å²) in [5, 5.41) is 0. The van der Waals surface area contributed by atoms with Crippen LogP contribution < -0.4 is 0 Å². The van der Waals surface area contributed by atoms with Gasteiger partial charge in [-0.1, -0.05) is 36.4 Å². The van der Waals surface area contributed by atoms with Crippen LogP contribution in [0.1, 0.15) is 40.8 Å². The van der Waals surface area contributed by atoms with Gasteiger partial charge in [0.15, 0.2) is 17.8 Å². The molecule has 0 unspecified atom stereocenters. The van der Waals surface area contributed by atoms with E-state index in [1.807, 2.05) is 72.0 Å². The molecule has 0 saturated carbocycles. The van der Waals surface area contributed by atoms with Crippen molar-refractivity contribution in [3.8, 4) is 11.3 Å². The molecular weight excluding hydrogens is 390 g/mol. The first-order valence-corrected chi connectivity index (χ1v) is 10.5. The van der Waals surface area contributed by atoms with E-state index in [0.29, 0.717) is 37.0 Å². The zero-order valence-electron chi connectivity index (χ0n) is 17.1. The van der Waals surface area contributed by atoms with Crippen molar-refractivity contribution >= 4 is 5.91 Å². The Kier molecular flexibility index (Phi) is 5.31. The van der Waals surface area contributed by atoms with E-state index in [9.17, 15) is 4.79 Å². The number of hydrogen-bond acceptors (Lipinski definition) is 5. The van der Waals surface area contributed by atoms with Gasteiger partial charge in [0.05, 0.1) is 12.2 Å². The van der Waals surface area contributed by atoms with Crippen LogP contribution in [0.15, 0.2) is 77.9 Å². The molecule has 0 radical (unpaired) electrons. The minimum absolute atomic E-state index is 0.0807. The average molecular weight is 413 g/mol. The molecule has 3 aromatic heterocycles. The Hall–Kier alpha value is -3.74. The van der Waals surface area contributed by atoms with Crippen LogP contribution in [0.3, 0.4) is 0 Å². The molecule has 1 fully saturated rings. The summed E-state index contributed by atoms with van der Waals surface area (Å²) in [6.07, 6.45) is 8.73. The fourth-order valence-electron chi connectivity index (χ4n) is 4.16. The zero-order valence-corrected chi connectivity index (χ0v) is 17.1. The SMILES string of the molecule is O=C(c1ncoc1-c1ccccc1)N1CCC(c2nccn2Cc2ccccn2)CC1. The molecule has 7 heteroatoms. The number of carbonyl (C=O) groups excluding carboxylic acids is 1. The van der Waals surface area contributed by atoms with Gasteiger partial charge in [0, 0.05) is 43.2 Å². The maximum atomic E-state index is 13.1. The van der Waals surface area contributed by atoms with Crippen LogP contribution in [0.25, 0.3) is 11.3 Å². The van der Waals surface area contributed by atoms with Crippen LogP contribution in [0, 0.1) is 0 Å². The first-order valence-electron chi connectivity index (χ1n) is 10.5. The van der Waals surface area contributed by atoms with E-state index in [0.717, 1.165) is 29.9 Å². The van der Waals surface area contributed by atoms with Crippen molar-refractivity contribution in [2.45, 2.75) is 25.3 Å².